The van der Waals surface area contributed by atoms with Crippen molar-refractivity contribution in [3.05, 3.63) is 0 Å². The van der Waals surface area contributed by atoms with Crippen molar-refractivity contribution in [2.24, 2.45) is 5.73 Å². The Balaban J connectivity index is 2.68. The third-order valence-corrected chi connectivity index (χ3v) is 3.97. The molecular weight excluding hydrogens is 260 g/mol. The van der Waals surface area contributed by atoms with Crippen LogP contribution < -0.4 is 5.73 Å². The second kappa shape index (κ2) is 6.05. The highest BCUT2D eigenvalue weighted by atomic mass is 32.2. The van der Waals surface area contributed by atoms with Crippen LogP contribution >= 0.6 is 11.8 Å². The minimum absolute atomic E-state index is 0.00833. The summed E-state index contributed by atoms with van der Waals surface area (Å²) >= 11 is 1.36. The third-order valence-electron chi connectivity index (χ3n) is 2.75. The van der Waals surface area contributed by atoms with Gasteiger partial charge in [-0.3, -0.25) is 9.59 Å². The zero-order valence-electron chi connectivity index (χ0n) is 9.91. The van der Waals surface area contributed by atoms with Crippen LogP contribution in [0.1, 0.15) is 19.8 Å². The number of nitrogens with zero attached hydrogens (tertiary/aromatic N) is 1. The van der Waals surface area contributed by atoms with Crippen LogP contribution in [0.2, 0.25) is 0 Å². The normalized spacial score (nSPS) is 24.9. The minimum atomic E-state index is -1.06. The molecule has 7 nitrogen and oxygen atoms in total. The standard InChI is InChI=1S/C10H16N2O5S/c1-5-12(7(4-18-5)10(16)17)9(15)6(11)2-3-8(13)14/h5-7H,2-4,11H2,1H3,(H,13,14)(H,16,17). The van der Waals surface area contributed by atoms with Gasteiger partial charge in [0.25, 0.3) is 0 Å². The lowest BCUT2D eigenvalue weighted by atomic mass is 10.1. The monoisotopic (exact) mass is 276 g/mol. The molecular formula is C10H16N2O5S. The van der Waals surface area contributed by atoms with Gasteiger partial charge in [-0.1, -0.05) is 0 Å². The van der Waals surface area contributed by atoms with E-state index in [1.165, 1.54) is 16.7 Å². The number of hydrogen-bond acceptors (Lipinski definition) is 5. The molecule has 1 aliphatic rings. The lowest BCUT2D eigenvalue weighted by Gasteiger charge is -2.27. The number of carbonyl (C=O) groups is 3. The van der Waals surface area contributed by atoms with Gasteiger partial charge in [0.2, 0.25) is 5.91 Å². The molecule has 0 aromatic heterocycles. The Labute approximate surface area is 108 Å². The first-order chi connectivity index (χ1) is 8.34. The van der Waals surface area contributed by atoms with Crippen LogP contribution in [0.15, 0.2) is 0 Å². The molecule has 0 spiro atoms. The van der Waals surface area contributed by atoms with Crippen LogP contribution in [0.3, 0.4) is 0 Å². The Morgan fingerprint density at radius 1 is 1.44 bits per heavy atom. The topological polar surface area (TPSA) is 121 Å². The summed E-state index contributed by atoms with van der Waals surface area (Å²) in [4.78, 5) is 34.7. The van der Waals surface area contributed by atoms with Crippen LogP contribution in [-0.2, 0) is 14.4 Å². The number of hydrogen-bond donors (Lipinski definition) is 3. The molecule has 4 N–H and O–H groups in total. The van der Waals surface area contributed by atoms with Crippen LogP contribution in [0, 0.1) is 0 Å². The zero-order valence-corrected chi connectivity index (χ0v) is 10.7. The van der Waals surface area contributed by atoms with Gasteiger partial charge in [-0.2, -0.15) is 0 Å². The molecule has 102 valence electrons. The molecule has 0 bridgehead atoms. The summed E-state index contributed by atoms with van der Waals surface area (Å²) in [6, 6.07) is -1.85. The number of carboxylic acids is 2. The fourth-order valence-electron chi connectivity index (χ4n) is 1.76. The predicted molar refractivity (Wildman–Crippen MR) is 65.0 cm³/mol. The molecule has 0 aromatic rings. The van der Waals surface area contributed by atoms with E-state index in [4.69, 9.17) is 15.9 Å². The Morgan fingerprint density at radius 3 is 2.56 bits per heavy atom. The maximum atomic E-state index is 12.0. The Hall–Kier alpha value is -1.28. The molecule has 0 saturated carbocycles. The van der Waals surface area contributed by atoms with Crippen molar-refractivity contribution in [3.8, 4) is 0 Å². The maximum Gasteiger partial charge on any atom is 0.327 e. The summed E-state index contributed by atoms with van der Waals surface area (Å²) in [7, 11) is 0. The van der Waals surface area contributed by atoms with Gasteiger partial charge < -0.3 is 20.8 Å². The molecule has 1 saturated heterocycles. The first kappa shape index (κ1) is 14.8. The van der Waals surface area contributed by atoms with Gasteiger partial charge in [-0.15, -0.1) is 11.8 Å². The second-order valence-electron chi connectivity index (χ2n) is 4.07. The largest absolute Gasteiger partial charge is 0.481 e. The molecule has 1 heterocycles. The van der Waals surface area contributed by atoms with Crippen molar-refractivity contribution in [1.82, 2.24) is 4.90 Å². The molecule has 8 heteroatoms. The van der Waals surface area contributed by atoms with Gasteiger partial charge >= 0.3 is 11.9 Å². The number of thioether (sulfide) groups is 1. The number of aliphatic carboxylic acids is 2. The van der Waals surface area contributed by atoms with Crippen molar-refractivity contribution in [2.45, 2.75) is 37.2 Å². The summed E-state index contributed by atoms with van der Waals surface area (Å²) in [5.74, 6) is -2.27. The van der Waals surface area contributed by atoms with E-state index in [-0.39, 0.29) is 18.2 Å². The number of rotatable bonds is 5. The SMILES string of the molecule is CC1SCC(C(=O)O)N1C(=O)C(N)CCC(=O)O. The summed E-state index contributed by atoms with van der Waals surface area (Å²) in [5, 5.41) is 17.3. The van der Waals surface area contributed by atoms with E-state index in [1.807, 2.05) is 0 Å². The van der Waals surface area contributed by atoms with Crippen molar-refractivity contribution < 1.29 is 24.6 Å². The highest BCUT2D eigenvalue weighted by Crippen LogP contribution is 2.29. The Kier molecular flexibility index (Phi) is 4.97. The molecule has 3 atom stereocenters. The first-order valence-electron chi connectivity index (χ1n) is 5.48. The van der Waals surface area contributed by atoms with E-state index >= 15 is 0 Å². The minimum Gasteiger partial charge on any atom is -0.481 e. The van der Waals surface area contributed by atoms with Gasteiger partial charge in [-0.05, 0) is 13.3 Å². The number of carboxylic acid groups (broad SMARTS) is 2. The van der Waals surface area contributed by atoms with Gasteiger partial charge in [0, 0.05) is 12.2 Å². The van der Waals surface area contributed by atoms with E-state index < -0.39 is 29.9 Å². The smallest absolute Gasteiger partial charge is 0.327 e. The number of amides is 1. The van der Waals surface area contributed by atoms with Crippen molar-refractivity contribution in [1.29, 1.82) is 0 Å². The summed E-state index contributed by atoms with van der Waals surface area (Å²) in [5.41, 5.74) is 5.61. The summed E-state index contributed by atoms with van der Waals surface area (Å²) in [6.45, 7) is 1.73. The van der Waals surface area contributed by atoms with Gasteiger partial charge in [0.15, 0.2) is 0 Å². The van der Waals surface area contributed by atoms with Gasteiger partial charge in [0.1, 0.15) is 6.04 Å². The molecule has 1 aliphatic heterocycles. The first-order valence-corrected chi connectivity index (χ1v) is 6.53. The molecule has 0 aliphatic carbocycles. The fourth-order valence-corrected chi connectivity index (χ4v) is 2.94. The Bertz CT molecular complexity index is 362. The molecule has 0 radical (unpaired) electrons. The van der Waals surface area contributed by atoms with E-state index in [1.54, 1.807) is 6.92 Å². The van der Waals surface area contributed by atoms with Crippen LogP contribution in [-0.4, -0.2) is 56.2 Å². The van der Waals surface area contributed by atoms with Crippen LogP contribution in [0.5, 0.6) is 0 Å². The lowest BCUT2D eigenvalue weighted by molar-refractivity contribution is -0.149. The average molecular weight is 276 g/mol. The molecule has 1 fully saturated rings. The number of nitrogens with two attached hydrogens (primary N) is 1. The predicted octanol–water partition coefficient (Wildman–Crippen LogP) is -0.447. The summed E-state index contributed by atoms with van der Waals surface area (Å²) in [6.07, 6.45) is -0.200. The van der Waals surface area contributed by atoms with Crippen LogP contribution in [0.25, 0.3) is 0 Å². The molecule has 3 unspecified atom stereocenters. The van der Waals surface area contributed by atoms with Crippen molar-refractivity contribution >= 4 is 29.6 Å². The fraction of sp³-hybridized carbons (Fsp3) is 0.700. The van der Waals surface area contributed by atoms with Gasteiger partial charge in [-0.25, -0.2) is 4.79 Å². The Morgan fingerprint density at radius 2 is 2.06 bits per heavy atom. The highest BCUT2D eigenvalue weighted by molar-refractivity contribution is 8.00. The second-order valence-corrected chi connectivity index (χ2v) is 5.42. The lowest BCUT2D eigenvalue weighted by Crippen LogP contribution is -2.51. The zero-order chi connectivity index (χ0) is 13.9. The molecule has 18 heavy (non-hydrogen) atoms. The van der Waals surface area contributed by atoms with Crippen molar-refractivity contribution in [2.75, 3.05) is 5.75 Å². The van der Waals surface area contributed by atoms with E-state index in [0.29, 0.717) is 5.75 Å². The van der Waals surface area contributed by atoms with E-state index in [0.717, 1.165) is 0 Å². The average Bonchev–Trinajstić information content (AvgIpc) is 2.67. The maximum absolute atomic E-state index is 12.0. The van der Waals surface area contributed by atoms with Crippen LogP contribution in [0.4, 0.5) is 0 Å². The quantitative estimate of drug-likeness (QED) is 0.622. The van der Waals surface area contributed by atoms with E-state index in [9.17, 15) is 14.4 Å². The molecule has 1 amide bonds. The number of carbonyl (C=O) groups excluding carboxylic acids is 1. The van der Waals surface area contributed by atoms with Crippen molar-refractivity contribution in [3.63, 3.8) is 0 Å². The van der Waals surface area contributed by atoms with E-state index in [2.05, 4.69) is 0 Å². The third kappa shape index (κ3) is 3.36. The molecule has 0 aromatic carbocycles. The molecule has 1 rings (SSSR count). The van der Waals surface area contributed by atoms with Gasteiger partial charge in [0.05, 0.1) is 11.4 Å². The summed E-state index contributed by atoms with van der Waals surface area (Å²) < 4.78 is 0. The highest BCUT2D eigenvalue weighted by Gasteiger charge is 2.40.